The van der Waals surface area contributed by atoms with Crippen molar-refractivity contribution in [2.75, 3.05) is 0 Å². The fourth-order valence-corrected chi connectivity index (χ4v) is 6.36. The van der Waals surface area contributed by atoms with Gasteiger partial charge in [-0.05, 0) is 38.5 Å². The molecule has 0 aromatic heterocycles. The summed E-state index contributed by atoms with van der Waals surface area (Å²) in [7, 11) is 0. The number of hydrogen-bond acceptors (Lipinski definition) is 3. The summed E-state index contributed by atoms with van der Waals surface area (Å²) in [6.07, 6.45) is 42.9. The van der Waals surface area contributed by atoms with E-state index >= 15 is 0 Å². The number of esters is 1. The summed E-state index contributed by atoms with van der Waals surface area (Å²) in [5.41, 5.74) is 0. The minimum Gasteiger partial charge on any atom is -0.481 e. The van der Waals surface area contributed by atoms with Crippen LogP contribution in [0.2, 0.25) is 0 Å². The number of hydrogen-bond donors (Lipinski definition) is 1. The Labute approximate surface area is 275 Å². The zero-order valence-electron chi connectivity index (χ0n) is 30.0. The monoisotopic (exact) mass is 623 g/mol. The van der Waals surface area contributed by atoms with E-state index in [1.165, 1.54) is 180 Å². The number of carboxylic acids is 1. The summed E-state index contributed by atoms with van der Waals surface area (Å²) in [4.78, 5) is 23.2. The lowest BCUT2D eigenvalue weighted by Gasteiger charge is -2.18. The van der Waals surface area contributed by atoms with E-state index in [1.807, 2.05) is 0 Å². The Bertz CT molecular complexity index is 590. The molecule has 0 aliphatic carbocycles. The van der Waals surface area contributed by atoms with Crippen LogP contribution in [0.3, 0.4) is 0 Å². The van der Waals surface area contributed by atoms with Gasteiger partial charge in [0.15, 0.2) is 0 Å². The van der Waals surface area contributed by atoms with Crippen LogP contribution in [0.5, 0.6) is 0 Å². The Morgan fingerprint density at radius 2 is 0.682 bits per heavy atom. The maximum Gasteiger partial charge on any atom is 0.306 e. The van der Waals surface area contributed by atoms with Crippen LogP contribution in [0, 0.1) is 0 Å². The number of unbranched alkanes of at least 4 members (excludes halogenated alkanes) is 28. The highest BCUT2D eigenvalue weighted by Crippen LogP contribution is 2.19. The normalized spacial score (nSPS) is 12.0. The van der Waals surface area contributed by atoms with Gasteiger partial charge in [0.2, 0.25) is 0 Å². The van der Waals surface area contributed by atoms with Gasteiger partial charge in [-0.3, -0.25) is 9.59 Å². The minimum absolute atomic E-state index is 0.0428. The standard InChI is InChI=1S/C40H78O4/c1-3-5-7-9-10-11-12-13-14-15-19-22-25-29-33-37-40(43)44-38(34-30-26-8-6-4-2)35-31-27-23-20-17-16-18-21-24-28-32-36-39(41)42/h38H,3-37H2,1-2H3,(H,41,42). The molecule has 44 heavy (non-hydrogen) atoms. The lowest BCUT2D eigenvalue weighted by atomic mass is 10.0. The number of carbonyl (C=O) groups excluding carboxylic acids is 1. The van der Waals surface area contributed by atoms with Crippen molar-refractivity contribution in [1.82, 2.24) is 0 Å². The van der Waals surface area contributed by atoms with Crippen LogP contribution in [-0.2, 0) is 14.3 Å². The summed E-state index contributed by atoms with van der Waals surface area (Å²) < 4.78 is 6.02. The third-order valence-corrected chi connectivity index (χ3v) is 9.33. The van der Waals surface area contributed by atoms with E-state index in [0.717, 1.165) is 32.1 Å². The van der Waals surface area contributed by atoms with Gasteiger partial charge in [0.25, 0.3) is 0 Å². The van der Waals surface area contributed by atoms with Gasteiger partial charge in [-0.1, -0.05) is 187 Å². The first-order valence-electron chi connectivity index (χ1n) is 20.0. The molecule has 0 rings (SSSR count). The molecule has 0 saturated carbocycles. The van der Waals surface area contributed by atoms with Crippen LogP contribution in [0.15, 0.2) is 0 Å². The first-order valence-corrected chi connectivity index (χ1v) is 20.0. The first-order chi connectivity index (χ1) is 21.6. The topological polar surface area (TPSA) is 63.6 Å². The van der Waals surface area contributed by atoms with E-state index in [1.54, 1.807) is 0 Å². The maximum absolute atomic E-state index is 12.6. The van der Waals surface area contributed by atoms with Crippen molar-refractivity contribution in [2.45, 2.75) is 245 Å². The summed E-state index contributed by atoms with van der Waals surface area (Å²) >= 11 is 0. The molecule has 1 unspecified atom stereocenters. The van der Waals surface area contributed by atoms with Gasteiger partial charge in [0.05, 0.1) is 0 Å². The molecule has 4 heteroatoms. The molecule has 262 valence electrons. The smallest absolute Gasteiger partial charge is 0.306 e. The Hall–Kier alpha value is -1.06. The number of carboxylic acid groups (broad SMARTS) is 1. The molecular weight excluding hydrogens is 544 g/mol. The zero-order valence-corrected chi connectivity index (χ0v) is 30.0. The molecule has 0 aromatic rings. The van der Waals surface area contributed by atoms with E-state index in [2.05, 4.69) is 13.8 Å². The van der Waals surface area contributed by atoms with Gasteiger partial charge >= 0.3 is 11.9 Å². The van der Waals surface area contributed by atoms with Gasteiger partial charge < -0.3 is 9.84 Å². The highest BCUT2D eigenvalue weighted by molar-refractivity contribution is 5.69. The van der Waals surface area contributed by atoms with E-state index in [-0.39, 0.29) is 12.1 Å². The summed E-state index contributed by atoms with van der Waals surface area (Å²) in [6.45, 7) is 4.54. The fourth-order valence-electron chi connectivity index (χ4n) is 6.36. The average molecular weight is 623 g/mol. The van der Waals surface area contributed by atoms with Crippen molar-refractivity contribution in [3.63, 3.8) is 0 Å². The minimum atomic E-state index is -0.670. The Kier molecular flexibility index (Phi) is 35.5. The molecule has 0 heterocycles. The highest BCUT2D eigenvalue weighted by Gasteiger charge is 2.14. The van der Waals surface area contributed by atoms with Crippen LogP contribution in [0.1, 0.15) is 239 Å². The van der Waals surface area contributed by atoms with Crippen molar-refractivity contribution >= 4 is 11.9 Å². The Morgan fingerprint density at radius 1 is 0.409 bits per heavy atom. The van der Waals surface area contributed by atoms with Crippen molar-refractivity contribution in [1.29, 1.82) is 0 Å². The van der Waals surface area contributed by atoms with Gasteiger partial charge in [-0.15, -0.1) is 0 Å². The molecular formula is C40H78O4. The van der Waals surface area contributed by atoms with E-state index in [0.29, 0.717) is 12.8 Å². The second-order valence-corrected chi connectivity index (χ2v) is 13.8. The molecule has 0 amide bonds. The second kappa shape index (κ2) is 36.4. The van der Waals surface area contributed by atoms with Crippen molar-refractivity contribution < 1.29 is 19.4 Å². The third-order valence-electron chi connectivity index (χ3n) is 9.33. The maximum atomic E-state index is 12.6. The molecule has 0 spiro atoms. The Morgan fingerprint density at radius 3 is 1.00 bits per heavy atom. The molecule has 0 saturated heterocycles. The van der Waals surface area contributed by atoms with Gasteiger partial charge in [-0.2, -0.15) is 0 Å². The molecule has 1 N–H and O–H groups in total. The largest absolute Gasteiger partial charge is 0.481 e. The van der Waals surface area contributed by atoms with E-state index < -0.39 is 5.97 Å². The lowest BCUT2D eigenvalue weighted by Crippen LogP contribution is -2.18. The number of carbonyl (C=O) groups is 2. The van der Waals surface area contributed by atoms with Crippen molar-refractivity contribution in [3.05, 3.63) is 0 Å². The fraction of sp³-hybridized carbons (Fsp3) is 0.950. The molecule has 0 aliphatic heterocycles. The van der Waals surface area contributed by atoms with E-state index in [4.69, 9.17) is 9.84 Å². The predicted octanol–water partition coefficient (Wildman–Crippen LogP) is 13.7. The molecule has 1 atom stereocenters. The molecule has 0 bridgehead atoms. The van der Waals surface area contributed by atoms with Crippen LogP contribution in [0.25, 0.3) is 0 Å². The van der Waals surface area contributed by atoms with Crippen LogP contribution < -0.4 is 0 Å². The molecule has 0 fully saturated rings. The summed E-state index contributed by atoms with van der Waals surface area (Å²) in [5, 5.41) is 8.69. The molecule has 4 nitrogen and oxygen atoms in total. The lowest BCUT2D eigenvalue weighted by molar-refractivity contribution is -0.150. The predicted molar refractivity (Wildman–Crippen MR) is 190 cm³/mol. The number of aliphatic carboxylic acids is 1. The van der Waals surface area contributed by atoms with Crippen LogP contribution in [0.4, 0.5) is 0 Å². The SMILES string of the molecule is CCCCCCCCCCCCCCCCCC(=O)OC(CCCCCCC)CCCCCCCCCCCCCC(=O)O. The van der Waals surface area contributed by atoms with Crippen LogP contribution in [-0.4, -0.2) is 23.1 Å². The van der Waals surface area contributed by atoms with Crippen molar-refractivity contribution in [2.24, 2.45) is 0 Å². The second-order valence-electron chi connectivity index (χ2n) is 13.8. The summed E-state index contributed by atoms with van der Waals surface area (Å²) in [6, 6.07) is 0. The molecule has 0 aromatic carbocycles. The van der Waals surface area contributed by atoms with Gasteiger partial charge in [-0.25, -0.2) is 0 Å². The average Bonchev–Trinajstić information content (AvgIpc) is 3.00. The summed E-state index contributed by atoms with van der Waals surface area (Å²) in [5.74, 6) is -0.627. The number of ether oxygens (including phenoxy) is 1. The van der Waals surface area contributed by atoms with Crippen LogP contribution >= 0.6 is 0 Å². The molecule has 0 aliphatic rings. The van der Waals surface area contributed by atoms with E-state index in [9.17, 15) is 9.59 Å². The molecule has 0 radical (unpaired) electrons. The quantitative estimate of drug-likeness (QED) is 0.0553. The third kappa shape index (κ3) is 35.4. The Balaban J connectivity index is 3.82. The van der Waals surface area contributed by atoms with Gasteiger partial charge in [0, 0.05) is 12.8 Å². The number of rotatable bonds is 37. The van der Waals surface area contributed by atoms with Crippen molar-refractivity contribution in [3.8, 4) is 0 Å². The first kappa shape index (κ1) is 42.9. The van der Waals surface area contributed by atoms with Gasteiger partial charge in [0.1, 0.15) is 6.10 Å². The zero-order chi connectivity index (χ0) is 32.2. The highest BCUT2D eigenvalue weighted by atomic mass is 16.5.